The molecular weight excluding hydrogens is 124 g/mol. The zero-order valence-electron chi connectivity index (χ0n) is 4.64. The van der Waals surface area contributed by atoms with Gasteiger partial charge in [0.05, 0.1) is 0 Å². The largest absolute Gasteiger partial charge is 0.454 e. The lowest BCUT2D eigenvalue weighted by atomic mass is 10.8. The van der Waals surface area contributed by atoms with E-state index in [0.29, 0.717) is 5.94 Å². The molecule has 0 saturated carbocycles. The molecule has 0 aromatic heterocycles. The first kappa shape index (κ1) is 7.56. The molecule has 0 aliphatic carbocycles. The molecule has 0 spiro atoms. The fourth-order valence-corrected chi connectivity index (χ4v) is 0.462. The van der Waals surface area contributed by atoms with Crippen LogP contribution >= 0.6 is 11.8 Å². The van der Waals surface area contributed by atoms with Crippen molar-refractivity contribution in [3.05, 3.63) is 12.0 Å². The Morgan fingerprint density at radius 2 is 2.62 bits per heavy atom. The predicted molar refractivity (Wildman–Crippen MR) is 33.1 cm³/mol. The van der Waals surface area contributed by atoms with E-state index >= 15 is 0 Å². The Morgan fingerprint density at radius 1 is 2.00 bits per heavy atom. The highest BCUT2D eigenvalue weighted by molar-refractivity contribution is 8.00. The number of thioether (sulfide) groups is 1. The minimum Gasteiger partial charge on any atom is -0.454 e. The van der Waals surface area contributed by atoms with Crippen LogP contribution in [0.3, 0.4) is 0 Å². The molecule has 0 unspecified atom stereocenters. The van der Waals surface area contributed by atoms with Crippen LogP contribution in [-0.4, -0.2) is 11.9 Å². The van der Waals surface area contributed by atoms with Crippen LogP contribution in [0.1, 0.15) is 6.92 Å². The van der Waals surface area contributed by atoms with E-state index in [1.54, 1.807) is 0 Å². The third-order valence-corrected chi connectivity index (χ3v) is 0.863. The monoisotopic (exact) mass is 131 g/mol. The molecule has 0 saturated heterocycles. The molecule has 0 atom stereocenters. The Bertz CT molecular complexity index is 90.4. The molecule has 0 rings (SSSR count). The van der Waals surface area contributed by atoms with E-state index in [1.165, 1.54) is 18.7 Å². The summed E-state index contributed by atoms with van der Waals surface area (Å²) >= 11 is 1.23. The summed E-state index contributed by atoms with van der Waals surface area (Å²) in [7, 11) is 0. The molecule has 0 bridgehead atoms. The fourth-order valence-electron chi connectivity index (χ4n) is 0.154. The number of rotatable bonds is 3. The molecule has 0 heterocycles. The lowest BCUT2D eigenvalue weighted by Gasteiger charge is -1.93. The SMILES string of the molecule is C=[C]SCOC(C)=O. The highest BCUT2D eigenvalue weighted by Gasteiger charge is 1.87. The molecule has 0 aliphatic heterocycles. The summed E-state index contributed by atoms with van der Waals surface area (Å²) in [6, 6.07) is 0. The summed E-state index contributed by atoms with van der Waals surface area (Å²) < 4.78 is 4.50. The van der Waals surface area contributed by atoms with Crippen molar-refractivity contribution in [2.45, 2.75) is 6.92 Å². The molecule has 0 aromatic carbocycles. The molecule has 0 aliphatic rings. The standard InChI is InChI=1S/C5H7O2S/c1-3-8-4-7-5(2)6/h1,4H2,2H3. The maximum absolute atomic E-state index is 10.0. The molecule has 0 aromatic rings. The van der Waals surface area contributed by atoms with Crippen molar-refractivity contribution in [3.8, 4) is 0 Å². The van der Waals surface area contributed by atoms with Crippen LogP contribution in [0.25, 0.3) is 0 Å². The van der Waals surface area contributed by atoms with E-state index in [1.807, 2.05) is 0 Å². The van der Waals surface area contributed by atoms with Crippen molar-refractivity contribution >= 4 is 17.7 Å². The highest BCUT2D eigenvalue weighted by atomic mass is 32.2. The van der Waals surface area contributed by atoms with E-state index in [9.17, 15) is 4.79 Å². The first-order valence-corrected chi connectivity index (χ1v) is 3.03. The third-order valence-electron chi connectivity index (χ3n) is 0.423. The number of esters is 1. The van der Waals surface area contributed by atoms with Crippen LogP contribution in [-0.2, 0) is 9.53 Å². The van der Waals surface area contributed by atoms with Gasteiger partial charge in [0, 0.05) is 12.3 Å². The topological polar surface area (TPSA) is 26.3 Å². The molecular formula is C5H7O2S. The van der Waals surface area contributed by atoms with Crippen molar-refractivity contribution < 1.29 is 9.53 Å². The quantitative estimate of drug-likeness (QED) is 0.327. The summed E-state index contributed by atoms with van der Waals surface area (Å²) in [5.41, 5.74) is 0. The second kappa shape index (κ2) is 4.71. The summed E-state index contributed by atoms with van der Waals surface area (Å²) in [5, 5.41) is 2.51. The average Bonchev–Trinajstić information content (AvgIpc) is 1.66. The van der Waals surface area contributed by atoms with Gasteiger partial charge in [0.15, 0.2) is 0 Å². The third kappa shape index (κ3) is 5.56. The number of carbonyl (C=O) groups excluding carboxylic acids is 1. The molecule has 0 fully saturated rings. The Labute approximate surface area is 52.9 Å². The van der Waals surface area contributed by atoms with E-state index in [-0.39, 0.29) is 5.97 Å². The van der Waals surface area contributed by atoms with Gasteiger partial charge in [-0.25, -0.2) is 0 Å². The molecule has 45 valence electrons. The van der Waals surface area contributed by atoms with Gasteiger partial charge in [0.2, 0.25) is 0 Å². The molecule has 3 heteroatoms. The molecule has 1 radical (unpaired) electrons. The molecule has 2 nitrogen and oxygen atoms in total. The Kier molecular flexibility index (Phi) is 4.45. The lowest BCUT2D eigenvalue weighted by Crippen LogP contribution is -1.95. The van der Waals surface area contributed by atoms with E-state index in [0.717, 1.165) is 0 Å². The highest BCUT2D eigenvalue weighted by Crippen LogP contribution is 1.97. The summed E-state index contributed by atoms with van der Waals surface area (Å²) in [5.74, 6) is 0.0477. The Morgan fingerprint density at radius 3 is 3.00 bits per heavy atom. The Hall–Kier alpha value is -0.440. The second-order valence-corrected chi connectivity index (χ2v) is 1.86. The molecule has 0 N–H and O–H groups in total. The van der Waals surface area contributed by atoms with Crippen LogP contribution in [0.2, 0.25) is 0 Å². The van der Waals surface area contributed by atoms with Crippen molar-refractivity contribution in [1.82, 2.24) is 0 Å². The van der Waals surface area contributed by atoms with Gasteiger partial charge >= 0.3 is 5.97 Å². The maximum atomic E-state index is 10.0. The number of hydrogen-bond acceptors (Lipinski definition) is 3. The van der Waals surface area contributed by atoms with Gasteiger partial charge < -0.3 is 4.74 Å². The van der Waals surface area contributed by atoms with E-state index in [4.69, 9.17) is 0 Å². The van der Waals surface area contributed by atoms with Crippen molar-refractivity contribution in [1.29, 1.82) is 0 Å². The summed E-state index contributed by atoms with van der Waals surface area (Å²) in [6.45, 7) is 4.67. The van der Waals surface area contributed by atoms with Crippen LogP contribution in [0, 0.1) is 5.41 Å². The van der Waals surface area contributed by atoms with Gasteiger partial charge in [-0.05, 0) is 0 Å². The Balaban J connectivity index is 2.93. The minimum absolute atomic E-state index is 0.271. The fraction of sp³-hybridized carbons (Fsp3) is 0.400. The van der Waals surface area contributed by atoms with Gasteiger partial charge in [-0.3, -0.25) is 4.79 Å². The van der Waals surface area contributed by atoms with Gasteiger partial charge in [-0.2, -0.15) is 0 Å². The van der Waals surface area contributed by atoms with Crippen LogP contribution in [0.5, 0.6) is 0 Å². The van der Waals surface area contributed by atoms with Gasteiger partial charge in [0.25, 0.3) is 0 Å². The number of hydrogen-bond donors (Lipinski definition) is 0. The smallest absolute Gasteiger partial charge is 0.303 e. The van der Waals surface area contributed by atoms with Gasteiger partial charge in [-0.1, -0.05) is 18.3 Å². The van der Waals surface area contributed by atoms with Gasteiger partial charge in [0.1, 0.15) is 5.94 Å². The number of carbonyl (C=O) groups is 1. The van der Waals surface area contributed by atoms with E-state index in [2.05, 4.69) is 16.7 Å². The predicted octanol–water partition coefficient (Wildman–Crippen LogP) is 1.19. The second-order valence-electron chi connectivity index (χ2n) is 1.04. The summed E-state index contributed by atoms with van der Waals surface area (Å²) in [4.78, 5) is 10.0. The number of ether oxygens (including phenoxy) is 1. The normalized spacial score (nSPS) is 8.12. The minimum atomic E-state index is -0.271. The molecule has 0 amide bonds. The van der Waals surface area contributed by atoms with Crippen LogP contribution < -0.4 is 0 Å². The van der Waals surface area contributed by atoms with Crippen molar-refractivity contribution in [2.75, 3.05) is 5.94 Å². The van der Waals surface area contributed by atoms with Crippen molar-refractivity contribution in [3.63, 3.8) is 0 Å². The molecule has 8 heavy (non-hydrogen) atoms. The lowest BCUT2D eigenvalue weighted by molar-refractivity contribution is -0.138. The zero-order chi connectivity index (χ0) is 6.41. The average molecular weight is 131 g/mol. The first-order chi connectivity index (χ1) is 3.77. The zero-order valence-corrected chi connectivity index (χ0v) is 5.46. The van der Waals surface area contributed by atoms with Crippen LogP contribution in [0.15, 0.2) is 6.58 Å². The van der Waals surface area contributed by atoms with Gasteiger partial charge in [-0.15, -0.1) is 0 Å². The van der Waals surface area contributed by atoms with Crippen LogP contribution in [0.4, 0.5) is 0 Å². The first-order valence-electron chi connectivity index (χ1n) is 2.04. The van der Waals surface area contributed by atoms with Crippen molar-refractivity contribution in [2.24, 2.45) is 0 Å². The summed E-state index contributed by atoms with van der Waals surface area (Å²) in [6.07, 6.45) is 0. The maximum Gasteiger partial charge on any atom is 0.303 e. The van der Waals surface area contributed by atoms with E-state index < -0.39 is 0 Å².